The molecule has 0 aromatic heterocycles. The summed E-state index contributed by atoms with van der Waals surface area (Å²) in [5, 5.41) is 0. The van der Waals surface area contributed by atoms with Gasteiger partial charge in [0.25, 0.3) is 5.91 Å². The van der Waals surface area contributed by atoms with Crippen LogP contribution in [0.1, 0.15) is 28.4 Å². The van der Waals surface area contributed by atoms with Crippen molar-refractivity contribution in [1.29, 1.82) is 0 Å². The quantitative estimate of drug-likeness (QED) is 0.866. The molecule has 0 N–H and O–H groups in total. The molecule has 0 aliphatic carbocycles. The minimum absolute atomic E-state index is 0.150. The SMILES string of the molecule is CCc1ccc(C(=O)N2CCN(c3ccccc3C)CC2)cc1. The highest BCUT2D eigenvalue weighted by atomic mass is 16.2. The average molecular weight is 308 g/mol. The van der Waals surface area contributed by atoms with Crippen molar-refractivity contribution in [3.05, 3.63) is 65.2 Å². The summed E-state index contributed by atoms with van der Waals surface area (Å²) in [5.41, 5.74) is 4.65. The number of carbonyl (C=O) groups is 1. The molecule has 0 saturated carbocycles. The molecule has 2 aromatic rings. The third-order valence-electron chi connectivity index (χ3n) is 4.63. The number of carbonyl (C=O) groups excluding carboxylic acids is 1. The highest BCUT2D eigenvalue weighted by Crippen LogP contribution is 2.21. The third kappa shape index (κ3) is 3.39. The van der Waals surface area contributed by atoms with Crippen LogP contribution in [0.3, 0.4) is 0 Å². The first-order valence-corrected chi connectivity index (χ1v) is 8.38. The lowest BCUT2D eigenvalue weighted by Gasteiger charge is -2.36. The first kappa shape index (κ1) is 15.6. The summed E-state index contributed by atoms with van der Waals surface area (Å²) in [4.78, 5) is 17.0. The van der Waals surface area contributed by atoms with Crippen LogP contribution in [0.2, 0.25) is 0 Å². The van der Waals surface area contributed by atoms with Crippen LogP contribution in [-0.4, -0.2) is 37.0 Å². The van der Waals surface area contributed by atoms with Gasteiger partial charge >= 0.3 is 0 Å². The summed E-state index contributed by atoms with van der Waals surface area (Å²) in [6, 6.07) is 16.5. The Kier molecular flexibility index (Phi) is 4.65. The molecule has 0 spiro atoms. The second-order valence-electron chi connectivity index (χ2n) is 6.12. The lowest BCUT2D eigenvalue weighted by atomic mass is 10.1. The normalized spacial score (nSPS) is 14.9. The van der Waals surface area contributed by atoms with Crippen LogP contribution in [0, 0.1) is 6.92 Å². The van der Waals surface area contributed by atoms with Gasteiger partial charge < -0.3 is 9.80 Å². The van der Waals surface area contributed by atoms with Crippen molar-refractivity contribution in [3.8, 4) is 0 Å². The lowest BCUT2D eigenvalue weighted by Crippen LogP contribution is -2.49. The highest BCUT2D eigenvalue weighted by Gasteiger charge is 2.22. The molecular formula is C20H24N2O. The zero-order chi connectivity index (χ0) is 16.2. The van der Waals surface area contributed by atoms with Crippen molar-refractivity contribution >= 4 is 11.6 Å². The molecule has 1 aliphatic heterocycles. The zero-order valence-electron chi connectivity index (χ0n) is 14.0. The molecule has 120 valence electrons. The van der Waals surface area contributed by atoms with Gasteiger partial charge in [-0.3, -0.25) is 4.79 Å². The minimum atomic E-state index is 0.150. The van der Waals surface area contributed by atoms with E-state index in [1.54, 1.807) is 0 Å². The fourth-order valence-electron chi connectivity index (χ4n) is 3.13. The van der Waals surface area contributed by atoms with Crippen LogP contribution in [0.5, 0.6) is 0 Å². The number of para-hydroxylation sites is 1. The van der Waals surface area contributed by atoms with E-state index in [-0.39, 0.29) is 5.91 Å². The largest absolute Gasteiger partial charge is 0.368 e. The maximum Gasteiger partial charge on any atom is 0.253 e. The van der Waals surface area contributed by atoms with Crippen molar-refractivity contribution in [3.63, 3.8) is 0 Å². The molecule has 1 saturated heterocycles. The summed E-state index contributed by atoms with van der Waals surface area (Å²) < 4.78 is 0. The molecule has 3 heteroatoms. The van der Waals surface area contributed by atoms with Gasteiger partial charge in [0.2, 0.25) is 0 Å². The maximum atomic E-state index is 12.6. The van der Waals surface area contributed by atoms with Crippen molar-refractivity contribution in [2.75, 3.05) is 31.1 Å². The molecule has 1 amide bonds. The number of rotatable bonds is 3. The summed E-state index contributed by atoms with van der Waals surface area (Å²) in [6.07, 6.45) is 1.00. The first-order chi connectivity index (χ1) is 11.2. The van der Waals surface area contributed by atoms with Crippen LogP contribution >= 0.6 is 0 Å². The van der Waals surface area contributed by atoms with Gasteiger partial charge in [-0.15, -0.1) is 0 Å². The molecule has 23 heavy (non-hydrogen) atoms. The Bertz CT molecular complexity index is 670. The van der Waals surface area contributed by atoms with Crippen molar-refractivity contribution in [2.45, 2.75) is 20.3 Å². The van der Waals surface area contributed by atoms with Crippen molar-refractivity contribution in [1.82, 2.24) is 4.90 Å². The number of benzene rings is 2. The van der Waals surface area contributed by atoms with E-state index in [1.807, 2.05) is 17.0 Å². The monoisotopic (exact) mass is 308 g/mol. The van der Waals surface area contributed by atoms with Gasteiger partial charge in [0, 0.05) is 37.4 Å². The van der Waals surface area contributed by atoms with E-state index in [9.17, 15) is 4.79 Å². The van der Waals surface area contributed by atoms with Crippen LogP contribution in [0.4, 0.5) is 5.69 Å². The van der Waals surface area contributed by atoms with Gasteiger partial charge in [-0.1, -0.05) is 37.3 Å². The zero-order valence-corrected chi connectivity index (χ0v) is 14.0. The average Bonchev–Trinajstić information content (AvgIpc) is 2.62. The predicted octanol–water partition coefficient (Wildman–Crippen LogP) is 3.52. The molecule has 1 aliphatic rings. The smallest absolute Gasteiger partial charge is 0.253 e. The molecule has 0 radical (unpaired) electrons. The van der Waals surface area contributed by atoms with Crippen LogP contribution in [0.15, 0.2) is 48.5 Å². The van der Waals surface area contributed by atoms with E-state index >= 15 is 0 Å². The standard InChI is InChI=1S/C20H24N2O/c1-3-17-8-10-18(11-9-17)20(23)22-14-12-21(13-15-22)19-7-5-4-6-16(19)2/h4-11H,3,12-15H2,1-2H3. The first-order valence-electron chi connectivity index (χ1n) is 8.38. The van der Waals surface area contributed by atoms with Gasteiger partial charge in [0.1, 0.15) is 0 Å². The summed E-state index contributed by atoms with van der Waals surface area (Å²) in [5.74, 6) is 0.150. The Hall–Kier alpha value is -2.29. The minimum Gasteiger partial charge on any atom is -0.368 e. The lowest BCUT2D eigenvalue weighted by molar-refractivity contribution is 0.0747. The molecule has 3 nitrogen and oxygen atoms in total. The number of hydrogen-bond donors (Lipinski definition) is 0. The number of amides is 1. The maximum absolute atomic E-state index is 12.6. The molecular weight excluding hydrogens is 284 g/mol. The van der Waals surface area contributed by atoms with Crippen LogP contribution in [0.25, 0.3) is 0 Å². The van der Waals surface area contributed by atoms with Gasteiger partial charge in [0.15, 0.2) is 0 Å². The molecule has 3 rings (SSSR count). The van der Waals surface area contributed by atoms with E-state index in [0.717, 1.165) is 38.2 Å². The summed E-state index contributed by atoms with van der Waals surface area (Å²) >= 11 is 0. The number of nitrogens with zero attached hydrogens (tertiary/aromatic N) is 2. The Morgan fingerprint density at radius 3 is 2.22 bits per heavy atom. The Morgan fingerprint density at radius 1 is 0.957 bits per heavy atom. The van der Waals surface area contributed by atoms with E-state index in [4.69, 9.17) is 0 Å². The molecule has 0 unspecified atom stereocenters. The molecule has 1 heterocycles. The van der Waals surface area contributed by atoms with Crippen LogP contribution < -0.4 is 4.90 Å². The molecule has 0 bridgehead atoms. The van der Waals surface area contributed by atoms with E-state index in [0.29, 0.717) is 0 Å². The van der Waals surface area contributed by atoms with E-state index < -0.39 is 0 Å². The fraction of sp³-hybridized carbons (Fsp3) is 0.350. The van der Waals surface area contributed by atoms with Crippen molar-refractivity contribution < 1.29 is 4.79 Å². The van der Waals surface area contributed by atoms with Gasteiger partial charge in [-0.2, -0.15) is 0 Å². The second-order valence-corrected chi connectivity index (χ2v) is 6.12. The van der Waals surface area contributed by atoms with Gasteiger partial charge in [-0.25, -0.2) is 0 Å². The molecule has 0 atom stereocenters. The number of aryl methyl sites for hydroxylation is 2. The topological polar surface area (TPSA) is 23.6 Å². The Balaban J connectivity index is 1.64. The number of anilines is 1. The van der Waals surface area contributed by atoms with E-state index in [1.165, 1.54) is 16.8 Å². The summed E-state index contributed by atoms with van der Waals surface area (Å²) in [7, 11) is 0. The van der Waals surface area contributed by atoms with E-state index in [2.05, 4.69) is 55.1 Å². The number of hydrogen-bond acceptors (Lipinski definition) is 2. The van der Waals surface area contributed by atoms with Gasteiger partial charge in [0.05, 0.1) is 0 Å². The van der Waals surface area contributed by atoms with Gasteiger partial charge in [-0.05, 0) is 42.7 Å². The van der Waals surface area contributed by atoms with Crippen molar-refractivity contribution in [2.24, 2.45) is 0 Å². The predicted molar refractivity (Wildman–Crippen MR) is 95.1 cm³/mol. The molecule has 1 fully saturated rings. The Labute approximate surface area is 138 Å². The molecule has 2 aromatic carbocycles. The second kappa shape index (κ2) is 6.86. The highest BCUT2D eigenvalue weighted by molar-refractivity contribution is 5.94. The van der Waals surface area contributed by atoms with Crippen LogP contribution in [-0.2, 0) is 6.42 Å². The summed E-state index contributed by atoms with van der Waals surface area (Å²) in [6.45, 7) is 7.61. The third-order valence-corrected chi connectivity index (χ3v) is 4.63. The number of piperazine rings is 1. The Morgan fingerprint density at radius 2 is 1.61 bits per heavy atom. The fourth-order valence-corrected chi connectivity index (χ4v) is 3.13.